The first kappa shape index (κ1) is 32.8. The number of hydrogen-bond donors (Lipinski definition) is 1. The molecule has 1 amide bonds. The van der Waals surface area contributed by atoms with Crippen LogP contribution in [0.5, 0.6) is 0 Å². The van der Waals surface area contributed by atoms with E-state index in [1.807, 2.05) is 81.4 Å². The lowest BCUT2D eigenvalue weighted by molar-refractivity contribution is -0.164. The zero-order valence-electron chi connectivity index (χ0n) is 25.9. The maximum atomic E-state index is 13.5. The summed E-state index contributed by atoms with van der Waals surface area (Å²) in [6.45, 7) is 10.5. The van der Waals surface area contributed by atoms with Crippen LogP contribution in [0.3, 0.4) is 0 Å². The van der Waals surface area contributed by atoms with Crippen LogP contribution in [0.2, 0.25) is 0 Å². The zero-order chi connectivity index (χ0) is 30.6. The number of esters is 2. The first-order chi connectivity index (χ1) is 20.1. The summed E-state index contributed by atoms with van der Waals surface area (Å²) in [7, 11) is 0. The van der Waals surface area contributed by atoms with Crippen molar-refractivity contribution < 1.29 is 23.9 Å². The Labute approximate surface area is 251 Å². The van der Waals surface area contributed by atoms with Gasteiger partial charge in [0.25, 0.3) is 0 Å². The summed E-state index contributed by atoms with van der Waals surface area (Å²) in [6, 6.07) is 24.0. The Kier molecular flexibility index (Phi) is 12.1. The van der Waals surface area contributed by atoms with E-state index < -0.39 is 10.8 Å². The molecule has 6 heteroatoms. The largest absolute Gasteiger partial charge is 0.465 e. The third kappa shape index (κ3) is 8.91. The fraction of sp³-hybridized carbons (Fsp3) is 0.472. The number of unbranched alkanes of at least 4 members (excludes halogenated alkanes) is 1. The lowest BCUT2D eigenvalue weighted by atomic mass is 9.67. The third-order valence-corrected chi connectivity index (χ3v) is 8.29. The third-order valence-electron chi connectivity index (χ3n) is 8.29. The quantitative estimate of drug-likeness (QED) is 0.143. The second kappa shape index (κ2) is 15.5. The topological polar surface area (TPSA) is 81.7 Å². The molecule has 3 rings (SSSR count). The maximum absolute atomic E-state index is 13.5. The smallest absolute Gasteiger partial charge is 0.311 e. The molecule has 6 nitrogen and oxygen atoms in total. The Morgan fingerprint density at radius 1 is 0.810 bits per heavy atom. The molecule has 0 radical (unpaired) electrons. The molecule has 226 valence electrons. The van der Waals surface area contributed by atoms with Gasteiger partial charge >= 0.3 is 11.9 Å². The van der Waals surface area contributed by atoms with Crippen LogP contribution < -0.4 is 5.32 Å². The van der Waals surface area contributed by atoms with Gasteiger partial charge in [0, 0.05) is 0 Å². The number of amides is 1. The van der Waals surface area contributed by atoms with Gasteiger partial charge in [0.05, 0.1) is 30.4 Å². The molecule has 3 unspecified atom stereocenters. The summed E-state index contributed by atoms with van der Waals surface area (Å²) in [5.41, 5.74) is 0.336. The van der Waals surface area contributed by atoms with Crippen molar-refractivity contribution in [2.75, 3.05) is 19.8 Å². The highest BCUT2D eigenvalue weighted by atomic mass is 16.5. The summed E-state index contributed by atoms with van der Waals surface area (Å²) in [5.74, 6) is -0.665. The molecule has 0 aliphatic carbocycles. The molecule has 0 bridgehead atoms. The molecule has 0 saturated heterocycles. The van der Waals surface area contributed by atoms with Crippen molar-refractivity contribution in [3.8, 4) is 0 Å². The monoisotopic (exact) mass is 573 g/mol. The molecule has 42 heavy (non-hydrogen) atoms. The van der Waals surface area contributed by atoms with Gasteiger partial charge < -0.3 is 14.8 Å². The van der Waals surface area contributed by atoms with Crippen LogP contribution in [0.25, 0.3) is 10.8 Å². The van der Waals surface area contributed by atoms with E-state index in [0.29, 0.717) is 25.9 Å². The van der Waals surface area contributed by atoms with Gasteiger partial charge in [-0.2, -0.15) is 0 Å². The Balaban J connectivity index is 1.61. The standard InChI is InChI=1S/C36H47NO5/c1-6-8-22-41-34(40)36(5,25-27(3)28-15-10-9-11-16-28)26-35(4,7-2)33(39)42-23-21-37-32(38)24-30-19-14-18-29-17-12-13-20-31(29)30/h9-20,27H,6-8,21-26H2,1-5H3,(H,37,38). The molecular weight excluding hydrogens is 526 g/mol. The summed E-state index contributed by atoms with van der Waals surface area (Å²) in [5, 5.41) is 5.02. The summed E-state index contributed by atoms with van der Waals surface area (Å²) >= 11 is 0. The number of benzene rings is 3. The van der Waals surface area contributed by atoms with Gasteiger partial charge in [-0.15, -0.1) is 0 Å². The van der Waals surface area contributed by atoms with E-state index in [1.165, 1.54) is 0 Å². The van der Waals surface area contributed by atoms with E-state index in [9.17, 15) is 14.4 Å². The van der Waals surface area contributed by atoms with Gasteiger partial charge in [-0.05, 0) is 67.3 Å². The van der Waals surface area contributed by atoms with Crippen molar-refractivity contribution in [3.63, 3.8) is 0 Å². The molecular formula is C36H47NO5. The van der Waals surface area contributed by atoms with Gasteiger partial charge in [0.2, 0.25) is 5.91 Å². The second-order valence-electron chi connectivity index (χ2n) is 12.0. The van der Waals surface area contributed by atoms with Crippen molar-refractivity contribution in [2.45, 2.75) is 79.1 Å². The average molecular weight is 574 g/mol. The van der Waals surface area contributed by atoms with Crippen LogP contribution in [-0.4, -0.2) is 37.6 Å². The van der Waals surface area contributed by atoms with Crippen molar-refractivity contribution >= 4 is 28.6 Å². The number of hydrogen-bond acceptors (Lipinski definition) is 5. The number of carbonyl (C=O) groups excluding carboxylic acids is 3. The van der Waals surface area contributed by atoms with Gasteiger partial charge in [-0.1, -0.05) is 100.0 Å². The van der Waals surface area contributed by atoms with E-state index in [2.05, 4.69) is 31.3 Å². The molecule has 1 N–H and O–H groups in total. The summed E-state index contributed by atoms with van der Waals surface area (Å²) in [6.07, 6.45) is 3.36. The van der Waals surface area contributed by atoms with E-state index in [1.54, 1.807) is 0 Å². The average Bonchev–Trinajstić information content (AvgIpc) is 2.99. The highest BCUT2D eigenvalue weighted by Gasteiger charge is 2.46. The van der Waals surface area contributed by atoms with E-state index in [0.717, 1.165) is 34.7 Å². The molecule has 0 saturated carbocycles. The summed E-state index contributed by atoms with van der Waals surface area (Å²) in [4.78, 5) is 39.5. The van der Waals surface area contributed by atoms with Crippen molar-refractivity contribution in [1.82, 2.24) is 5.32 Å². The molecule has 0 aliphatic heterocycles. The fourth-order valence-electron chi connectivity index (χ4n) is 5.68. The van der Waals surface area contributed by atoms with Crippen molar-refractivity contribution in [1.29, 1.82) is 0 Å². The van der Waals surface area contributed by atoms with Crippen LogP contribution in [-0.2, 0) is 30.3 Å². The first-order valence-electron chi connectivity index (χ1n) is 15.2. The molecule has 3 atom stereocenters. The minimum Gasteiger partial charge on any atom is -0.465 e. The first-order valence-corrected chi connectivity index (χ1v) is 15.2. The van der Waals surface area contributed by atoms with E-state index in [-0.39, 0.29) is 43.3 Å². The van der Waals surface area contributed by atoms with Crippen LogP contribution in [0.4, 0.5) is 0 Å². The number of rotatable bonds is 16. The van der Waals surface area contributed by atoms with Gasteiger partial charge in [-0.3, -0.25) is 14.4 Å². The van der Waals surface area contributed by atoms with Gasteiger partial charge in [0.15, 0.2) is 0 Å². The highest BCUT2D eigenvalue weighted by molar-refractivity contribution is 5.90. The van der Waals surface area contributed by atoms with Crippen LogP contribution in [0.1, 0.15) is 83.8 Å². The Morgan fingerprint density at radius 3 is 2.17 bits per heavy atom. The van der Waals surface area contributed by atoms with E-state index in [4.69, 9.17) is 9.47 Å². The Bertz CT molecular complexity index is 1320. The van der Waals surface area contributed by atoms with Gasteiger partial charge in [-0.25, -0.2) is 0 Å². The lowest BCUT2D eigenvalue weighted by Gasteiger charge is -2.37. The number of carbonyl (C=O) groups is 3. The second-order valence-corrected chi connectivity index (χ2v) is 12.0. The number of nitrogens with one attached hydrogen (secondary N) is 1. The normalized spacial score (nSPS) is 14.8. The van der Waals surface area contributed by atoms with Crippen LogP contribution in [0.15, 0.2) is 72.8 Å². The Morgan fingerprint density at radius 2 is 1.45 bits per heavy atom. The molecule has 0 aromatic heterocycles. The SMILES string of the molecule is CCCCOC(=O)C(C)(CC(C)c1ccccc1)CC(C)(CC)C(=O)OCCNC(=O)Cc1cccc2ccccc12. The maximum Gasteiger partial charge on any atom is 0.311 e. The van der Waals surface area contributed by atoms with Crippen molar-refractivity contribution in [3.05, 3.63) is 83.9 Å². The fourth-order valence-corrected chi connectivity index (χ4v) is 5.68. The Hall–Kier alpha value is -3.67. The lowest BCUT2D eigenvalue weighted by Crippen LogP contribution is -2.41. The minimum absolute atomic E-state index is 0.0633. The predicted molar refractivity (Wildman–Crippen MR) is 168 cm³/mol. The molecule has 0 aliphatic rings. The number of fused-ring (bicyclic) bond motifs is 1. The zero-order valence-corrected chi connectivity index (χ0v) is 25.9. The summed E-state index contributed by atoms with van der Waals surface area (Å²) < 4.78 is 11.4. The van der Waals surface area contributed by atoms with Crippen LogP contribution in [0, 0.1) is 10.8 Å². The molecule has 0 fully saturated rings. The van der Waals surface area contributed by atoms with Crippen molar-refractivity contribution in [2.24, 2.45) is 10.8 Å². The van der Waals surface area contributed by atoms with E-state index >= 15 is 0 Å². The molecule has 3 aromatic rings. The highest BCUT2D eigenvalue weighted by Crippen LogP contribution is 2.44. The minimum atomic E-state index is -0.887. The molecule has 0 spiro atoms. The van der Waals surface area contributed by atoms with Crippen LogP contribution >= 0.6 is 0 Å². The number of ether oxygens (including phenoxy) is 2. The molecule has 3 aromatic carbocycles. The van der Waals surface area contributed by atoms with Gasteiger partial charge in [0.1, 0.15) is 6.61 Å². The molecule has 0 heterocycles. The predicted octanol–water partition coefficient (Wildman–Crippen LogP) is 7.39.